The number of aromatic nitrogens is 2. The highest BCUT2D eigenvalue weighted by Crippen LogP contribution is 2.27. The molecule has 0 radical (unpaired) electrons. The molecule has 3 heterocycles. The van der Waals surface area contributed by atoms with Crippen molar-refractivity contribution in [2.75, 3.05) is 5.32 Å². The quantitative estimate of drug-likeness (QED) is 0.899. The number of H-pyrrole nitrogens is 1. The predicted octanol–water partition coefficient (Wildman–Crippen LogP) is 1.51. The smallest absolute Gasteiger partial charge is 0.230 e. The number of fused-ring (bicyclic) bond motifs is 1. The summed E-state index contributed by atoms with van der Waals surface area (Å²) in [5.41, 5.74) is 1.73. The maximum absolute atomic E-state index is 12.0. The first-order valence-electron chi connectivity index (χ1n) is 6.27. The lowest BCUT2D eigenvalue weighted by Crippen LogP contribution is -2.23. The van der Waals surface area contributed by atoms with Crippen molar-refractivity contribution in [1.29, 1.82) is 0 Å². The molecule has 3 rings (SSSR count). The lowest BCUT2D eigenvalue weighted by molar-refractivity contribution is -0.129. The topological polar surface area (TPSA) is 78.1 Å². The fourth-order valence-electron chi connectivity index (χ4n) is 2.21. The summed E-state index contributed by atoms with van der Waals surface area (Å²) in [5.74, 6) is 0.532. The molecule has 0 bridgehead atoms. The van der Waals surface area contributed by atoms with E-state index in [4.69, 9.17) is 0 Å². The summed E-state index contributed by atoms with van der Waals surface area (Å²) in [6.07, 6.45) is 0.349. The molecule has 6 nitrogen and oxygen atoms in total. The van der Waals surface area contributed by atoms with E-state index in [-0.39, 0.29) is 11.8 Å². The second kappa shape index (κ2) is 5.09. The number of carbonyl (C=O) groups excluding carboxylic acids is 2. The van der Waals surface area contributed by atoms with Gasteiger partial charge in [0.1, 0.15) is 5.82 Å². The van der Waals surface area contributed by atoms with Crippen LogP contribution in [0.4, 0.5) is 5.82 Å². The zero-order chi connectivity index (χ0) is 14.1. The van der Waals surface area contributed by atoms with Crippen molar-refractivity contribution in [3.05, 3.63) is 33.6 Å². The molecule has 104 valence electrons. The zero-order valence-corrected chi connectivity index (χ0v) is 11.8. The number of hydrogen-bond acceptors (Lipinski definition) is 4. The molecule has 0 aromatic carbocycles. The van der Waals surface area contributed by atoms with Gasteiger partial charge in [-0.05, 0) is 11.4 Å². The monoisotopic (exact) mass is 290 g/mol. The molecule has 2 N–H and O–H groups in total. The van der Waals surface area contributed by atoms with E-state index in [1.54, 1.807) is 16.2 Å². The van der Waals surface area contributed by atoms with Crippen LogP contribution < -0.4 is 5.32 Å². The molecule has 20 heavy (non-hydrogen) atoms. The summed E-state index contributed by atoms with van der Waals surface area (Å²) in [6.45, 7) is 2.53. The molecule has 0 unspecified atom stereocenters. The molecule has 2 aromatic heterocycles. The van der Waals surface area contributed by atoms with Gasteiger partial charge < -0.3 is 10.2 Å². The summed E-state index contributed by atoms with van der Waals surface area (Å²) in [7, 11) is 0. The van der Waals surface area contributed by atoms with Crippen LogP contribution in [0.1, 0.15) is 23.1 Å². The second-order valence-electron chi connectivity index (χ2n) is 4.70. The fraction of sp³-hybridized carbons (Fsp3) is 0.308. The number of rotatable bonds is 3. The second-order valence-corrected chi connectivity index (χ2v) is 5.74. The Bertz CT molecular complexity index is 647. The number of nitrogens with zero attached hydrogens (tertiary/aromatic N) is 2. The van der Waals surface area contributed by atoms with E-state index < -0.39 is 0 Å². The highest BCUT2D eigenvalue weighted by Gasteiger charge is 2.27. The Morgan fingerprint density at radius 1 is 1.50 bits per heavy atom. The Hall–Kier alpha value is -2.15. The minimum Gasteiger partial charge on any atom is -0.332 e. The van der Waals surface area contributed by atoms with Crippen LogP contribution >= 0.6 is 11.3 Å². The van der Waals surface area contributed by atoms with Crippen LogP contribution in [0.5, 0.6) is 0 Å². The molecular weight excluding hydrogens is 276 g/mol. The van der Waals surface area contributed by atoms with Gasteiger partial charge in [-0.3, -0.25) is 14.7 Å². The van der Waals surface area contributed by atoms with Crippen LogP contribution in [0.2, 0.25) is 0 Å². The van der Waals surface area contributed by atoms with Crippen LogP contribution in [0.3, 0.4) is 0 Å². The number of nitrogens with one attached hydrogen (secondary N) is 2. The van der Waals surface area contributed by atoms with Gasteiger partial charge in [0, 0.05) is 17.4 Å². The number of thiophene rings is 1. The lowest BCUT2D eigenvalue weighted by Gasteiger charge is -2.12. The Morgan fingerprint density at radius 2 is 2.35 bits per heavy atom. The molecule has 0 spiro atoms. The van der Waals surface area contributed by atoms with Gasteiger partial charge in [0.2, 0.25) is 11.8 Å². The maximum Gasteiger partial charge on any atom is 0.230 e. The van der Waals surface area contributed by atoms with Crippen molar-refractivity contribution in [2.45, 2.75) is 26.4 Å². The van der Waals surface area contributed by atoms with Crippen molar-refractivity contribution >= 4 is 29.0 Å². The van der Waals surface area contributed by atoms with Gasteiger partial charge in [0.15, 0.2) is 0 Å². The standard InChI is InChI=1S/C13H14N4O2S/c1-8(18)17-6-10-11(7-17)15-16-13(10)14-12(19)5-9-3-2-4-20-9/h2-4H,5-7H2,1H3,(H2,14,15,16,19). The van der Waals surface area contributed by atoms with Crippen LogP contribution in [0, 0.1) is 0 Å². The van der Waals surface area contributed by atoms with E-state index in [9.17, 15) is 9.59 Å². The Morgan fingerprint density at radius 3 is 3.05 bits per heavy atom. The lowest BCUT2D eigenvalue weighted by atomic mass is 10.2. The number of amides is 2. The van der Waals surface area contributed by atoms with Gasteiger partial charge in [0.25, 0.3) is 0 Å². The molecule has 7 heteroatoms. The number of hydrogen-bond donors (Lipinski definition) is 2. The third-order valence-corrected chi connectivity index (χ3v) is 4.14. The Balaban J connectivity index is 1.68. The van der Waals surface area contributed by atoms with E-state index in [0.717, 1.165) is 16.1 Å². The van der Waals surface area contributed by atoms with Crippen LogP contribution in [0.25, 0.3) is 0 Å². The summed E-state index contributed by atoms with van der Waals surface area (Å²) in [6, 6.07) is 3.85. The first kappa shape index (κ1) is 12.9. The molecule has 0 saturated carbocycles. The van der Waals surface area contributed by atoms with Gasteiger partial charge in [-0.2, -0.15) is 5.10 Å². The van der Waals surface area contributed by atoms with Gasteiger partial charge in [0.05, 0.1) is 25.2 Å². The molecule has 2 amide bonds. The molecule has 2 aromatic rings. The fourth-order valence-corrected chi connectivity index (χ4v) is 2.92. The minimum absolute atomic E-state index is 0.0128. The Labute approximate surface area is 119 Å². The van der Waals surface area contributed by atoms with E-state index >= 15 is 0 Å². The van der Waals surface area contributed by atoms with Gasteiger partial charge >= 0.3 is 0 Å². The highest BCUT2D eigenvalue weighted by atomic mass is 32.1. The molecule has 0 atom stereocenters. The first-order valence-corrected chi connectivity index (χ1v) is 7.15. The third-order valence-electron chi connectivity index (χ3n) is 3.27. The van der Waals surface area contributed by atoms with E-state index in [1.807, 2.05) is 17.5 Å². The average molecular weight is 290 g/mol. The van der Waals surface area contributed by atoms with Crippen molar-refractivity contribution in [3.8, 4) is 0 Å². The van der Waals surface area contributed by atoms with Crippen molar-refractivity contribution in [2.24, 2.45) is 0 Å². The van der Waals surface area contributed by atoms with E-state index in [0.29, 0.717) is 25.3 Å². The largest absolute Gasteiger partial charge is 0.332 e. The number of carbonyl (C=O) groups is 2. The average Bonchev–Trinajstić information content (AvgIpc) is 3.07. The zero-order valence-electron chi connectivity index (χ0n) is 11.0. The molecule has 0 fully saturated rings. The van der Waals surface area contributed by atoms with Crippen LogP contribution in [0.15, 0.2) is 17.5 Å². The van der Waals surface area contributed by atoms with Crippen molar-refractivity contribution in [3.63, 3.8) is 0 Å². The molecular formula is C13H14N4O2S. The number of aromatic amines is 1. The maximum atomic E-state index is 12.0. The van der Waals surface area contributed by atoms with E-state index in [1.165, 1.54) is 6.92 Å². The Kier molecular flexibility index (Phi) is 3.27. The predicted molar refractivity (Wildman–Crippen MR) is 75.2 cm³/mol. The molecule has 0 aliphatic carbocycles. The summed E-state index contributed by atoms with van der Waals surface area (Å²) < 4.78 is 0. The van der Waals surface area contributed by atoms with E-state index in [2.05, 4.69) is 15.5 Å². The summed E-state index contributed by atoms with van der Waals surface area (Å²) >= 11 is 1.55. The number of anilines is 1. The van der Waals surface area contributed by atoms with Crippen molar-refractivity contribution in [1.82, 2.24) is 15.1 Å². The highest BCUT2D eigenvalue weighted by molar-refractivity contribution is 7.10. The van der Waals surface area contributed by atoms with Crippen LogP contribution in [-0.2, 0) is 29.1 Å². The summed E-state index contributed by atoms with van der Waals surface area (Å²) in [5, 5.41) is 11.8. The van der Waals surface area contributed by atoms with Crippen molar-refractivity contribution < 1.29 is 9.59 Å². The molecule has 1 aliphatic heterocycles. The summed E-state index contributed by atoms with van der Waals surface area (Å²) in [4.78, 5) is 26.0. The molecule has 1 aliphatic rings. The normalized spacial score (nSPS) is 13.3. The van der Waals surface area contributed by atoms with Gasteiger partial charge in [-0.25, -0.2) is 0 Å². The minimum atomic E-state index is -0.0832. The third kappa shape index (κ3) is 2.44. The first-order chi connectivity index (χ1) is 9.63. The SMILES string of the molecule is CC(=O)N1Cc2n[nH]c(NC(=O)Cc3cccs3)c2C1. The molecule has 0 saturated heterocycles. The van der Waals surface area contributed by atoms with Crippen LogP contribution in [-0.4, -0.2) is 26.9 Å². The van der Waals surface area contributed by atoms with Gasteiger partial charge in [-0.15, -0.1) is 11.3 Å². The van der Waals surface area contributed by atoms with Gasteiger partial charge in [-0.1, -0.05) is 6.07 Å².